The van der Waals surface area contributed by atoms with E-state index in [1.54, 1.807) is 19.1 Å². The Morgan fingerprint density at radius 3 is 2.78 bits per heavy atom. The number of aromatic nitrogens is 3. The van der Waals surface area contributed by atoms with E-state index < -0.39 is 0 Å². The number of rotatable bonds is 3. The number of piperidine rings is 1. The molecule has 2 unspecified atom stereocenters. The molecule has 5 rings (SSSR count). The molecular formula is C22H23Cl3N6O. The lowest BCUT2D eigenvalue weighted by Gasteiger charge is -2.45. The maximum absolute atomic E-state index is 13.1. The Bertz CT molecular complexity index is 1180. The average Bonchev–Trinajstić information content (AvgIpc) is 3.17. The quantitative estimate of drug-likeness (QED) is 0.441. The molecule has 3 atom stereocenters. The number of hydrogen-bond donors (Lipinski definition) is 3. The zero-order valence-electron chi connectivity index (χ0n) is 17.5. The molecule has 2 aromatic heterocycles. The van der Waals surface area contributed by atoms with Crippen LogP contribution in [0.15, 0.2) is 24.3 Å². The number of amides is 1. The van der Waals surface area contributed by atoms with Gasteiger partial charge in [-0.25, -0.2) is 9.97 Å². The molecule has 168 valence electrons. The Hall–Kier alpha value is -2.06. The van der Waals surface area contributed by atoms with Gasteiger partial charge in [-0.15, -0.1) is 0 Å². The monoisotopic (exact) mass is 492 g/mol. The molecule has 1 amide bonds. The lowest BCUT2D eigenvalue weighted by atomic mass is 9.89. The number of nitrogens with one attached hydrogen (secondary N) is 3. The van der Waals surface area contributed by atoms with Crippen molar-refractivity contribution in [1.82, 2.24) is 25.2 Å². The summed E-state index contributed by atoms with van der Waals surface area (Å²) in [6.45, 7) is 3.19. The van der Waals surface area contributed by atoms with E-state index in [1.807, 2.05) is 17.0 Å². The number of benzene rings is 1. The molecular weight excluding hydrogens is 471 g/mol. The Kier molecular flexibility index (Phi) is 5.92. The molecule has 0 saturated carbocycles. The SMILES string of the molecule is CC(=O)N(C1CCNc2c(Cl)cc(Cl)cc21)[C@H]1CCCNC1c1nc2nc(Cl)ccc2[nH]1. The first-order valence-corrected chi connectivity index (χ1v) is 11.8. The first kappa shape index (κ1) is 21.8. The Morgan fingerprint density at radius 2 is 1.97 bits per heavy atom. The number of nitrogens with zero attached hydrogens (tertiary/aromatic N) is 3. The predicted molar refractivity (Wildman–Crippen MR) is 127 cm³/mol. The zero-order chi connectivity index (χ0) is 22.4. The van der Waals surface area contributed by atoms with E-state index in [2.05, 4.69) is 20.6 Å². The normalized spacial score (nSPS) is 22.9. The summed E-state index contributed by atoms with van der Waals surface area (Å²) < 4.78 is 0. The topological polar surface area (TPSA) is 85.9 Å². The van der Waals surface area contributed by atoms with Gasteiger partial charge in [-0.2, -0.15) is 0 Å². The highest BCUT2D eigenvalue weighted by Gasteiger charge is 2.40. The second kappa shape index (κ2) is 8.71. The van der Waals surface area contributed by atoms with Crippen LogP contribution in [0.3, 0.4) is 0 Å². The van der Waals surface area contributed by atoms with Crippen LogP contribution in [0.2, 0.25) is 15.2 Å². The van der Waals surface area contributed by atoms with E-state index >= 15 is 0 Å². The summed E-state index contributed by atoms with van der Waals surface area (Å²) >= 11 is 18.9. The van der Waals surface area contributed by atoms with Crippen LogP contribution in [0.5, 0.6) is 0 Å². The molecule has 0 aliphatic carbocycles. The Balaban J connectivity index is 1.56. The van der Waals surface area contributed by atoms with Crippen LogP contribution in [0.25, 0.3) is 11.2 Å². The summed E-state index contributed by atoms with van der Waals surface area (Å²) in [6.07, 6.45) is 2.59. The molecule has 3 aromatic rings. The van der Waals surface area contributed by atoms with E-state index in [1.165, 1.54) is 0 Å². The van der Waals surface area contributed by atoms with Crippen molar-refractivity contribution in [3.8, 4) is 0 Å². The van der Waals surface area contributed by atoms with E-state index in [4.69, 9.17) is 39.8 Å². The molecule has 2 aliphatic rings. The van der Waals surface area contributed by atoms with Crippen molar-refractivity contribution in [3.63, 3.8) is 0 Å². The van der Waals surface area contributed by atoms with Gasteiger partial charge < -0.3 is 20.5 Å². The number of fused-ring (bicyclic) bond motifs is 2. The molecule has 0 bridgehead atoms. The maximum atomic E-state index is 13.1. The molecule has 4 heterocycles. The van der Waals surface area contributed by atoms with Crippen LogP contribution in [0.1, 0.15) is 49.7 Å². The first-order chi connectivity index (χ1) is 15.4. The molecule has 0 radical (unpaired) electrons. The molecule has 1 fully saturated rings. The van der Waals surface area contributed by atoms with Crippen molar-refractivity contribution >= 4 is 57.6 Å². The van der Waals surface area contributed by atoms with Crippen molar-refractivity contribution in [2.24, 2.45) is 0 Å². The van der Waals surface area contributed by atoms with E-state index in [-0.39, 0.29) is 24.0 Å². The lowest BCUT2D eigenvalue weighted by molar-refractivity contribution is -0.136. The van der Waals surface area contributed by atoms with Gasteiger partial charge in [-0.1, -0.05) is 34.8 Å². The van der Waals surface area contributed by atoms with Crippen LogP contribution in [0, 0.1) is 0 Å². The summed E-state index contributed by atoms with van der Waals surface area (Å²) in [5.74, 6) is 0.763. The van der Waals surface area contributed by atoms with Gasteiger partial charge in [0.15, 0.2) is 5.65 Å². The van der Waals surface area contributed by atoms with Gasteiger partial charge in [0.05, 0.1) is 34.4 Å². The Morgan fingerprint density at radius 1 is 1.12 bits per heavy atom. The number of carbonyl (C=O) groups is 1. The van der Waals surface area contributed by atoms with Gasteiger partial charge in [0.25, 0.3) is 0 Å². The van der Waals surface area contributed by atoms with Gasteiger partial charge in [0.1, 0.15) is 11.0 Å². The van der Waals surface area contributed by atoms with Crippen molar-refractivity contribution in [2.75, 3.05) is 18.4 Å². The zero-order valence-corrected chi connectivity index (χ0v) is 19.7. The number of halogens is 3. The highest BCUT2D eigenvalue weighted by Crippen LogP contribution is 2.43. The molecule has 2 aliphatic heterocycles. The van der Waals surface area contributed by atoms with Crippen LogP contribution in [0.4, 0.5) is 5.69 Å². The van der Waals surface area contributed by atoms with Gasteiger partial charge in [0.2, 0.25) is 5.91 Å². The van der Waals surface area contributed by atoms with Crippen molar-refractivity contribution in [3.05, 3.63) is 50.9 Å². The summed E-state index contributed by atoms with van der Waals surface area (Å²) in [5.41, 5.74) is 3.18. The fourth-order valence-corrected chi connectivity index (χ4v) is 5.71. The van der Waals surface area contributed by atoms with Gasteiger partial charge in [-0.3, -0.25) is 4.79 Å². The number of anilines is 1. The van der Waals surface area contributed by atoms with Gasteiger partial charge >= 0.3 is 0 Å². The summed E-state index contributed by atoms with van der Waals surface area (Å²) in [4.78, 5) is 27.4. The Labute approximate surface area is 200 Å². The van der Waals surface area contributed by atoms with E-state index in [9.17, 15) is 4.79 Å². The van der Waals surface area contributed by atoms with E-state index in [0.717, 1.165) is 54.9 Å². The van der Waals surface area contributed by atoms with Crippen molar-refractivity contribution in [1.29, 1.82) is 0 Å². The van der Waals surface area contributed by atoms with Crippen LogP contribution in [-0.4, -0.2) is 44.9 Å². The number of hydrogen-bond acceptors (Lipinski definition) is 5. The lowest BCUT2D eigenvalue weighted by Crippen LogP contribution is -2.52. The van der Waals surface area contributed by atoms with Gasteiger partial charge in [0, 0.05) is 24.1 Å². The highest BCUT2D eigenvalue weighted by molar-refractivity contribution is 6.36. The number of aromatic amines is 1. The van der Waals surface area contributed by atoms with Crippen LogP contribution >= 0.6 is 34.8 Å². The molecule has 1 saturated heterocycles. The highest BCUT2D eigenvalue weighted by atomic mass is 35.5. The smallest absolute Gasteiger partial charge is 0.220 e. The fourth-order valence-electron chi connectivity index (χ4n) is 4.99. The number of pyridine rings is 1. The second-order valence-electron chi connectivity index (χ2n) is 8.28. The minimum absolute atomic E-state index is 0.00919. The number of H-pyrrole nitrogens is 1. The molecule has 0 spiro atoms. The third-order valence-electron chi connectivity index (χ3n) is 6.27. The summed E-state index contributed by atoms with van der Waals surface area (Å²) in [7, 11) is 0. The van der Waals surface area contributed by atoms with E-state index in [0.29, 0.717) is 20.8 Å². The summed E-state index contributed by atoms with van der Waals surface area (Å²) in [5, 5.41) is 8.46. The molecule has 32 heavy (non-hydrogen) atoms. The fraction of sp³-hybridized carbons (Fsp3) is 0.409. The molecule has 10 heteroatoms. The minimum atomic E-state index is -0.159. The third-order valence-corrected chi connectivity index (χ3v) is 7.00. The maximum Gasteiger partial charge on any atom is 0.220 e. The standard InChI is InChI=1S/C22H23Cl3N6O/c1-11(32)31(16-6-8-27-19-13(16)9-12(23)10-14(19)24)17-3-2-7-26-20(17)22-28-15-4-5-18(25)29-21(15)30-22/h4-5,9-10,16-17,20,26-27H,2-3,6-8H2,1H3,(H,28,29,30)/t16?,17-,20?/m0/s1. The minimum Gasteiger partial charge on any atom is -0.383 e. The largest absolute Gasteiger partial charge is 0.383 e. The molecule has 1 aromatic carbocycles. The molecule has 7 nitrogen and oxygen atoms in total. The third kappa shape index (κ3) is 3.92. The average molecular weight is 494 g/mol. The van der Waals surface area contributed by atoms with Crippen molar-refractivity contribution < 1.29 is 4.79 Å². The van der Waals surface area contributed by atoms with Crippen molar-refractivity contribution in [2.45, 2.75) is 44.3 Å². The predicted octanol–water partition coefficient (Wildman–Crippen LogP) is 5.12. The summed E-state index contributed by atoms with van der Waals surface area (Å²) in [6, 6.07) is 6.86. The second-order valence-corrected chi connectivity index (χ2v) is 9.51. The number of imidazole rings is 1. The molecule has 3 N–H and O–H groups in total. The first-order valence-electron chi connectivity index (χ1n) is 10.7. The van der Waals surface area contributed by atoms with Gasteiger partial charge in [-0.05, 0) is 50.1 Å². The van der Waals surface area contributed by atoms with Crippen LogP contribution < -0.4 is 10.6 Å². The van der Waals surface area contributed by atoms with Crippen LogP contribution in [-0.2, 0) is 4.79 Å². The number of carbonyl (C=O) groups excluding carboxylic acids is 1.